The third-order valence-corrected chi connectivity index (χ3v) is 4.43. The van der Waals surface area contributed by atoms with E-state index < -0.39 is 0 Å². The summed E-state index contributed by atoms with van der Waals surface area (Å²) >= 11 is 7.72. The van der Waals surface area contributed by atoms with Crippen molar-refractivity contribution in [2.75, 3.05) is 12.8 Å². The molecule has 1 aliphatic rings. The van der Waals surface area contributed by atoms with Gasteiger partial charge in [0.1, 0.15) is 0 Å². The second kappa shape index (κ2) is 6.64. The number of rotatable bonds is 3. The van der Waals surface area contributed by atoms with Gasteiger partial charge in [-0.05, 0) is 50.8 Å². The van der Waals surface area contributed by atoms with Crippen LogP contribution in [0.25, 0.3) is 0 Å². The van der Waals surface area contributed by atoms with E-state index in [0.717, 1.165) is 24.3 Å². The molecule has 1 saturated heterocycles. The van der Waals surface area contributed by atoms with Gasteiger partial charge in [0.25, 0.3) is 5.91 Å². The number of halogens is 1. The first kappa shape index (κ1) is 14.7. The van der Waals surface area contributed by atoms with Gasteiger partial charge < -0.3 is 10.6 Å². The number of carbonyl (C=O) groups is 1. The first-order valence-corrected chi connectivity index (χ1v) is 8.08. The van der Waals surface area contributed by atoms with Gasteiger partial charge in [-0.25, -0.2) is 0 Å². The quantitative estimate of drug-likeness (QED) is 0.843. The highest BCUT2D eigenvalue weighted by Crippen LogP contribution is 2.23. The first-order valence-electron chi connectivity index (χ1n) is 6.48. The van der Waals surface area contributed by atoms with Crippen LogP contribution in [0, 0.1) is 0 Å². The summed E-state index contributed by atoms with van der Waals surface area (Å²) < 4.78 is 0. The van der Waals surface area contributed by atoms with Crippen LogP contribution < -0.4 is 10.6 Å². The number of amides is 1. The van der Waals surface area contributed by atoms with Gasteiger partial charge in [-0.15, -0.1) is 11.8 Å². The zero-order valence-electron chi connectivity index (χ0n) is 11.2. The fourth-order valence-corrected chi connectivity index (χ4v) is 2.97. The van der Waals surface area contributed by atoms with Gasteiger partial charge in [-0.3, -0.25) is 4.79 Å². The van der Waals surface area contributed by atoms with Gasteiger partial charge in [0, 0.05) is 17.0 Å². The lowest BCUT2D eigenvalue weighted by Gasteiger charge is -2.28. The molecule has 2 rings (SSSR count). The molecule has 0 spiro atoms. The molecule has 1 amide bonds. The zero-order valence-corrected chi connectivity index (χ0v) is 12.8. The Bertz CT molecular complexity index is 467. The number of hydrogen-bond acceptors (Lipinski definition) is 3. The molecule has 1 aromatic carbocycles. The van der Waals surface area contributed by atoms with Crippen molar-refractivity contribution in [3.63, 3.8) is 0 Å². The van der Waals surface area contributed by atoms with Gasteiger partial charge in [-0.1, -0.05) is 11.6 Å². The largest absolute Gasteiger partial charge is 0.349 e. The minimum Gasteiger partial charge on any atom is -0.349 e. The van der Waals surface area contributed by atoms with Crippen molar-refractivity contribution in [3.05, 3.63) is 28.8 Å². The van der Waals surface area contributed by atoms with Crippen molar-refractivity contribution in [2.45, 2.75) is 36.7 Å². The summed E-state index contributed by atoms with van der Waals surface area (Å²) in [6, 6.07) is 6.25. The van der Waals surface area contributed by atoms with E-state index in [4.69, 9.17) is 11.6 Å². The van der Waals surface area contributed by atoms with Crippen molar-refractivity contribution in [2.24, 2.45) is 0 Å². The Balaban J connectivity index is 2.06. The lowest BCUT2D eigenvalue weighted by Crippen LogP contribution is -2.46. The molecule has 3 nitrogen and oxygen atoms in total. The normalized spacial score (nSPS) is 23.1. The molecule has 0 aromatic heterocycles. The second-order valence-corrected chi connectivity index (χ2v) is 6.18. The van der Waals surface area contributed by atoms with E-state index in [1.807, 2.05) is 18.4 Å². The van der Waals surface area contributed by atoms with Gasteiger partial charge in [0.15, 0.2) is 0 Å². The SMILES string of the molecule is CSc1ccc(Cl)c(C(=O)NC2CCNC(C)C2)c1. The van der Waals surface area contributed by atoms with Crippen molar-refractivity contribution in [1.29, 1.82) is 0 Å². The molecule has 2 atom stereocenters. The Labute approximate surface area is 123 Å². The molecule has 0 radical (unpaired) electrons. The molecule has 104 valence electrons. The molecule has 2 N–H and O–H groups in total. The summed E-state index contributed by atoms with van der Waals surface area (Å²) in [5.74, 6) is -0.0694. The summed E-state index contributed by atoms with van der Waals surface area (Å²) in [5, 5.41) is 6.97. The molecule has 19 heavy (non-hydrogen) atoms. The average Bonchev–Trinajstić information content (AvgIpc) is 2.39. The average molecular weight is 299 g/mol. The van der Waals surface area contributed by atoms with E-state index in [0.29, 0.717) is 16.6 Å². The molecule has 1 heterocycles. The molecule has 1 aromatic rings. The van der Waals surface area contributed by atoms with Crippen LogP contribution >= 0.6 is 23.4 Å². The summed E-state index contributed by atoms with van der Waals surface area (Å²) in [6.45, 7) is 3.09. The maximum Gasteiger partial charge on any atom is 0.253 e. The topological polar surface area (TPSA) is 41.1 Å². The fraction of sp³-hybridized carbons (Fsp3) is 0.500. The van der Waals surface area contributed by atoms with Crippen molar-refractivity contribution in [1.82, 2.24) is 10.6 Å². The van der Waals surface area contributed by atoms with Crippen molar-refractivity contribution in [3.8, 4) is 0 Å². The van der Waals surface area contributed by atoms with Crippen LogP contribution in [0.4, 0.5) is 0 Å². The van der Waals surface area contributed by atoms with Gasteiger partial charge in [0.05, 0.1) is 10.6 Å². The maximum atomic E-state index is 12.3. The highest BCUT2D eigenvalue weighted by molar-refractivity contribution is 7.98. The molecular weight excluding hydrogens is 280 g/mol. The van der Waals surface area contributed by atoms with E-state index in [1.54, 1.807) is 17.8 Å². The van der Waals surface area contributed by atoms with Crippen molar-refractivity contribution < 1.29 is 4.79 Å². The molecule has 0 saturated carbocycles. The summed E-state index contributed by atoms with van der Waals surface area (Å²) in [7, 11) is 0. The second-order valence-electron chi connectivity index (χ2n) is 4.90. The van der Waals surface area contributed by atoms with Crippen LogP contribution in [-0.2, 0) is 0 Å². The number of hydrogen-bond donors (Lipinski definition) is 2. The van der Waals surface area contributed by atoms with Crippen LogP contribution in [0.3, 0.4) is 0 Å². The predicted octanol–water partition coefficient (Wildman–Crippen LogP) is 2.93. The maximum absolute atomic E-state index is 12.3. The molecule has 0 bridgehead atoms. The highest BCUT2D eigenvalue weighted by Gasteiger charge is 2.21. The third-order valence-electron chi connectivity index (χ3n) is 3.38. The Morgan fingerprint density at radius 1 is 1.53 bits per heavy atom. The van der Waals surface area contributed by atoms with E-state index in [-0.39, 0.29) is 11.9 Å². The molecule has 2 unspecified atom stereocenters. The van der Waals surface area contributed by atoms with E-state index in [9.17, 15) is 4.79 Å². The van der Waals surface area contributed by atoms with Gasteiger partial charge in [-0.2, -0.15) is 0 Å². The summed E-state index contributed by atoms with van der Waals surface area (Å²) in [5.41, 5.74) is 0.569. The van der Waals surface area contributed by atoms with Crippen LogP contribution in [0.15, 0.2) is 23.1 Å². The minimum absolute atomic E-state index is 0.0694. The van der Waals surface area contributed by atoms with Gasteiger partial charge in [0.2, 0.25) is 0 Å². The zero-order chi connectivity index (χ0) is 13.8. The standard InChI is InChI=1S/C14H19ClN2OS/c1-9-7-10(5-6-16-9)17-14(18)12-8-11(19-2)3-4-13(12)15/h3-4,8-10,16H,5-7H2,1-2H3,(H,17,18). The summed E-state index contributed by atoms with van der Waals surface area (Å²) in [6.07, 6.45) is 3.92. The van der Waals surface area contributed by atoms with E-state index in [1.165, 1.54) is 0 Å². The number of carbonyl (C=O) groups excluding carboxylic acids is 1. The molecule has 5 heteroatoms. The Kier molecular flexibility index (Phi) is 5.13. The highest BCUT2D eigenvalue weighted by atomic mass is 35.5. The van der Waals surface area contributed by atoms with Crippen LogP contribution in [-0.4, -0.2) is 30.8 Å². The van der Waals surface area contributed by atoms with Crippen molar-refractivity contribution >= 4 is 29.3 Å². The number of nitrogens with one attached hydrogen (secondary N) is 2. The Morgan fingerprint density at radius 2 is 2.32 bits per heavy atom. The molecular formula is C14H19ClN2OS. The fourth-order valence-electron chi connectivity index (χ4n) is 2.33. The number of piperidine rings is 1. The van der Waals surface area contributed by atoms with E-state index in [2.05, 4.69) is 17.6 Å². The van der Waals surface area contributed by atoms with Gasteiger partial charge >= 0.3 is 0 Å². The molecule has 1 aliphatic heterocycles. The van der Waals surface area contributed by atoms with Crippen LogP contribution in [0.5, 0.6) is 0 Å². The summed E-state index contributed by atoms with van der Waals surface area (Å²) in [4.78, 5) is 13.3. The third kappa shape index (κ3) is 3.88. The van der Waals surface area contributed by atoms with Crippen LogP contribution in [0.1, 0.15) is 30.1 Å². The smallest absolute Gasteiger partial charge is 0.253 e. The van der Waals surface area contributed by atoms with Crippen LogP contribution in [0.2, 0.25) is 5.02 Å². The molecule has 0 aliphatic carbocycles. The first-order chi connectivity index (χ1) is 9.10. The van der Waals surface area contributed by atoms with E-state index >= 15 is 0 Å². The lowest BCUT2D eigenvalue weighted by atomic mass is 10.0. The number of thioether (sulfide) groups is 1. The number of benzene rings is 1. The predicted molar refractivity (Wildman–Crippen MR) is 81.2 cm³/mol. The minimum atomic E-state index is -0.0694. The Morgan fingerprint density at radius 3 is 3.00 bits per heavy atom. The Hall–Kier alpha value is -0.710. The molecule has 1 fully saturated rings. The monoisotopic (exact) mass is 298 g/mol. The lowest BCUT2D eigenvalue weighted by molar-refractivity contribution is 0.0925.